The summed E-state index contributed by atoms with van der Waals surface area (Å²) in [4.78, 5) is 16.2. The second-order valence-electron chi connectivity index (χ2n) is 6.29. The summed E-state index contributed by atoms with van der Waals surface area (Å²) in [5.41, 5.74) is 0.848. The molecule has 0 aliphatic heterocycles. The van der Waals surface area contributed by atoms with Crippen LogP contribution in [0.4, 0.5) is 11.5 Å². The van der Waals surface area contributed by atoms with E-state index in [4.69, 9.17) is 9.47 Å². The summed E-state index contributed by atoms with van der Waals surface area (Å²) < 4.78 is 10.6. The Morgan fingerprint density at radius 1 is 1.12 bits per heavy atom. The molecule has 1 heterocycles. The van der Waals surface area contributed by atoms with Gasteiger partial charge >= 0.3 is 0 Å². The molecule has 6 nitrogen and oxygen atoms in total. The first-order valence-electron chi connectivity index (χ1n) is 7.67. The predicted molar refractivity (Wildman–Crippen MR) is 94.7 cm³/mol. The van der Waals surface area contributed by atoms with Crippen LogP contribution in [0, 0.1) is 0 Å². The van der Waals surface area contributed by atoms with E-state index in [1.807, 2.05) is 18.2 Å². The zero-order valence-electron chi connectivity index (χ0n) is 14.4. The van der Waals surface area contributed by atoms with Gasteiger partial charge in [-0.2, -0.15) is 0 Å². The van der Waals surface area contributed by atoms with E-state index in [9.17, 15) is 4.79 Å². The first kappa shape index (κ1) is 17.6. The van der Waals surface area contributed by atoms with Crippen LogP contribution < -0.4 is 20.1 Å². The van der Waals surface area contributed by atoms with Gasteiger partial charge in [-0.1, -0.05) is 12.1 Å². The number of aromatic nitrogens is 1. The Morgan fingerprint density at radius 3 is 2.42 bits per heavy atom. The molecule has 24 heavy (non-hydrogen) atoms. The summed E-state index contributed by atoms with van der Waals surface area (Å²) in [6.45, 7) is 6.08. The largest absolute Gasteiger partial charge is 0.493 e. The molecule has 2 rings (SSSR count). The van der Waals surface area contributed by atoms with Crippen LogP contribution in [0.2, 0.25) is 0 Å². The van der Waals surface area contributed by atoms with Gasteiger partial charge in [-0.25, -0.2) is 4.98 Å². The van der Waals surface area contributed by atoms with Crippen LogP contribution in [0.25, 0.3) is 0 Å². The van der Waals surface area contributed by atoms with Crippen LogP contribution in [-0.4, -0.2) is 30.1 Å². The SMILES string of the molecule is COc1ccccc1OCC(=O)Nc1ccc(NC(C)(C)C)cn1. The van der Waals surface area contributed by atoms with Crippen molar-refractivity contribution < 1.29 is 14.3 Å². The number of amides is 1. The number of benzene rings is 1. The van der Waals surface area contributed by atoms with Crippen LogP contribution in [0.15, 0.2) is 42.6 Å². The van der Waals surface area contributed by atoms with Crippen molar-refractivity contribution >= 4 is 17.4 Å². The number of carbonyl (C=O) groups is 1. The molecular formula is C18H23N3O3. The van der Waals surface area contributed by atoms with Gasteiger partial charge in [0.2, 0.25) is 0 Å². The number of ether oxygens (including phenoxy) is 2. The molecule has 0 saturated carbocycles. The first-order chi connectivity index (χ1) is 11.4. The topological polar surface area (TPSA) is 72.5 Å². The van der Waals surface area contributed by atoms with Gasteiger partial charge in [0.1, 0.15) is 5.82 Å². The molecule has 1 aromatic carbocycles. The van der Waals surface area contributed by atoms with Crippen LogP contribution in [0.1, 0.15) is 20.8 Å². The molecule has 0 aliphatic carbocycles. The van der Waals surface area contributed by atoms with Crippen molar-refractivity contribution in [2.75, 3.05) is 24.4 Å². The van der Waals surface area contributed by atoms with Crippen molar-refractivity contribution in [2.24, 2.45) is 0 Å². The van der Waals surface area contributed by atoms with Crippen molar-refractivity contribution in [1.29, 1.82) is 0 Å². The van der Waals surface area contributed by atoms with Crippen LogP contribution in [0.3, 0.4) is 0 Å². The summed E-state index contributed by atoms with van der Waals surface area (Å²) >= 11 is 0. The Labute approximate surface area is 142 Å². The van der Waals surface area contributed by atoms with Crippen molar-refractivity contribution in [2.45, 2.75) is 26.3 Å². The van der Waals surface area contributed by atoms with Gasteiger partial charge in [-0.05, 0) is 45.0 Å². The number of pyridine rings is 1. The summed E-state index contributed by atoms with van der Waals surface area (Å²) in [7, 11) is 1.55. The monoisotopic (exact) mass is 329 g/mol. The smallest absolute Gasteiger partial charge is 0.263 e. The number of para-hydroxylation sites is 2. The fraction of sp³-hybridized carbons (Fsp3) is 0.333. The molecule has 0 saturated heterocycles. The fourth-order valence-electron chi connectivity index (χ4n) is 2.04. The molecule has 1 amide bonds. The Kier molecular flexibility index (Phi) is 5.63. The molecule has 1 aromatic heterocycles. The number of carbonyl (C=O) groups excluding carboxylic acids is 1. The molecule has 0 spiro atoms. The number of methoxy groups -OCH3 is 1. The highest BCUT2D eigenvalue weighted by molar-refractivity contribution is 5.91. The Balaban J connectivity index is 1.88. The second kappa shape index (κ2) is 7.68. The molecule has 0 bridgehead atoms. The summed E-state index contributed by atoms with van der Waals surface area (Å²) in [5.74, 6) is 1.29. The van der Waals surface area contributed by atoms with Crippen molar-refractivity contribution in [3.63, 3.8) is 0 Å². The molecule has 128 valence electrons. The van der Waals surface area contributed by atoms with Gasteiger partial charge in [0.25, 0.3) is 5.91 Å². The Hall–Kier alpha value is -2.76. The molecule has 2 N–H and O–H groups in total. The average molecular weight is 329 g/mol. The Bertz CT molecular complexity index is 679. The van der Waals surface area contributed by atoms with E-state index >= 15 is 0 Å². The lowest BCUT2D eigenvalue weighted by molar-refractivity contribution is -0.118. The predicted octanol–water partition coefficient (Wildman–Crippen LogP) is 3.32. The molecule has 0 fully saturated rings. The van der Waals surface area contributed by atoms with Crippen LogP contribution >= 0.6 is 0 Å². The summed E-state index contributed by atoms with van der Waals surface area (Å²) in [6.07, 6.45) is 1.68. The van der Waals surface area contributed by atoms with Gasteiger partial charge in [-0.15, -0.1) is 0 Å². The molecule has 0 atom stereocenters. The zero-order valence-corrected chi connectivity index (χ0v) is 14.4. The maximum absolute atomic E-state index is 12.0. The van der Waals surface area contributed by atoms with Gasteiger partial charge in [-0.3, -0.25) is 4.79 Å². The van der Waals surface area contributed by atoms with Gasteiger partial charge in [0, 0.05) is 5.54 Å². The molecule has 0 radical (unpaired) electrons. The van der Waals surface area contributed by atoms with Crippen LogP contribution in [-0.2, 0) is 4.79 Å². The Morgan fingerprint density at radius 2 is 1.83 bits per heavy atom. The second-order valence-corrected chi connectivity index (χ2v) is 6.29. The lowest BCUT2D eigenvalue weighted by Gasteiger charge is -2.21. The zero-order chi connectivity index (χ0) is 17.6. The van der Waals surface area contributed by atoms with Crippen LogP contribution in [0.5, 0.6) is 11.5 Å². The normalized spacial score (nSPS) is 10.8. The highest BCUT2D eigenvalue weighted by atomic mass is 16.5. The minimum absolute atomic E-state index is 0.0466. The number of hydrogen-bond donors (Lipinski definition) is 2. The molecule has 0 unspecified atom stereocenters. The van der Waals surface area contributed by atoms with Gasteiger partial charge in [0.15, 0.2) is 18.1 Å². The molecular weight excluding hydrogens is 306 g/mol. The maximum atomic E-state index is 12.0. The number of rotatable bonds is 6. The highest BCUT2D eigenvalue weighted by Gasteiger charge is 2.10. The van der Waals surface area contributed by atoms with E-state index in [1.165, 1.54) is 0 Å². The van der Waals surface area contributed by atoms with E-state index in [2.05, 4.69) is 36.4 Å². The van der Waals surface area contributed by atoms with Gasteiger partial charge in [0.05, 0.1) is 19.0 Å². The third-order valence-corrected chi connectivity index (χ3v) is 2.98. The van der Waals surface area contributed by atoms with Crippen molar-refractivity contribution in [3.8, 4) is 11.5 Å². The number of anilines is 2. The number of nitrogens with zero attached hydrogens (tertiary/aromatic N) is 1. The van der Waals surface area contributed by atoms with E-state index in [0.29, 0.717) is 17.3 Å². The highest BCUT2D eigenvalue weighted by Crippen LogP contribution is 2.25. The van der Waals surface area contributed by atoms with Crippen molar-refractivity contribution in [3.05, 3.63) is 42.6 Å². The van der Waals surface area contributed by atoms with E-state index < -0.39 is 0 Å². The summed E-state index contributed by atoms with van der Waals surface area (Å²) in [6, 6.07) is 10.8. The standard InChI is InChI=1S/C18H23N3O3/c1-18(2,3)21-13-9-10-16(19-11-13)20-17(22)12-24-15-8-6-5-7-14(15)23-4/h5-11,21H,12H2,1-4H3,(H,19,20,22). The summed E-state index contributed by atoms with van der Waals surface area (Å²) in [5, 5.41) is 6.00. The lowest BCUT2D eigenvalue weighted by atomic mass is 10.1. The molecule has 0 aliphatic rings. The minimum Gasteiger partial charge on any atom is -0.493 e. The fourth-order valence-corrected chi connectivity index (χ4v) is 2.04. The maximum Gasteiger partial charge on any atom is 0.263 e. The first-order valence-corrected chi connectivity index (χ1v) is 7.67. The number of hydrogen-bond acceptors (Lipinski definition) is 5. The van der Waals surface area contributed by atoms with Crippen molar-refractivity contribution in [1.82, 2.24) is 4.98 Å². The van der Waals surface area contributed by atoms with E-state index in [0.717, 1.165) is 5.69 Å². The third-order valence-electron chi connectivity index (χ3n) is 2.98. The van der Waals surface area contributed by atoms with E-state index in [1.54, 1.807) is 31.5 Å². The lowest BCUT2D eigenvalue weighted by Crippen LogP contribution is -2.26. The van der Waals surface area contributed by atoms with E-state index in [-0.39, 0.29) is 18.1 Å². The molecule has 6 heteroatoms. The minimum atomic E-state index is -0.287. The quantitative estimate of drug-likeness (QED) is 0.850. The third kappa shape index (κ3) is 5.46. The number of nitrogens with one attached hydrogen (secondary N) is 2. The molecule has 2 aromatic rings. The average Bonchev–Trinajstić information content (AvgIpc) is 2.53. The van der Waals surface area contributed by atoms with Gasteiger partial charge < -0.3 is 20.1 Å².